The number of esters is 1. The Morgan fingerprint density at radius 1 is 1.50 bits per heavy atom. The highest BCUT2D eigenvalue weighted by molar-refractivity contribution is 5.75. The zero-order chi connectivity index (χ0) is 9.78. The van der Waals surface area contributed by atoms with Crippen LogP contribution in [-0.4, -0.2) is 26.2 Å². The maximum Gasteiger partial charge on any atom is 0.322 e. The van der Waals surface area contributed by atoms with E-state index < -0.39 is 0 Å². The lowest BCUT2D eigenvalue weighted by Crippen LogP contribution is -2.38. The number of hydrogen-bond donors (Lipinski definition) is 1. The number of rotatable bonds is 3. The highest BCUT2D eigenvalue weighted by atomic mass is 16.5. The maximum absolute atomic E-state index is 11.1. The molecule has 0 rings (SSSR count). The molecule has 3 heteroatoms. The molecule has 1 N–H and O–H groups in total. The van der Waals surface area contributed by atoms with Gasteiger partial charge in [-0.25, -0.2) is 0 Å². The SMILES string of the molecule is CNC(CC(C)(C)C)C(=O)OC. The van der Waals surface area contributed by atoms with Crippen LogP contribution in [0.1, 0.15) is 27.2 Å². The molecule has 0 spiro atoms. The van der Waals surface area contributed by atoms with Gasteiger partial charge in [0.1, 0.15) is 6.04 Å². The number of hydrogen-bond acceptors (Lipinski definition) is 3. The van der Waals surface area contributed by atoms with Gasteiger partial charge in [0.05, 0.1) is 7.11 Å². The van der Waals surface area contributed by atoms with Crippen molar-refractivity contribution >= 4 is 5.97 Å². The van der Waals surface area contributed by atoms with E-state index in [0.717, 1.165) is 6.42 Å². The lowest BCUT2D eigenvalue weighted by Gasteiger charge is -2.23. The molecule has 0 fully saturated rings. The molecule has 1 unspecified atom stereocenters. The summed E-state index contributed by atoms with van der Waals surface area (Å²) in [5.41, 5.74) is 0.141. The van der Waals surface area contributed by atoms with Gasteiger partial charge in [-0.2, -0.15) is 0 Å². The van der Waals surface area contributed by atoms with Crippen molar-refractivity contribution in [3.63, 3.8) is 0 Å². The van der Waals surface area contributed by atoms with Crippen molar-refractivity contribution in [3.05, 3.63) is 0 Å². The molecule has 0 bridgehead atoms. The third kappa shape index (κ3) is 4.34. The van der Waals surface area contributed by atoms with Gasteiger partial charge in [0.2, 0.25) is 0 Å². The monoisotopic (exact) mass is 173 g/mol. The van der Waals surface area contributed by atoms with E-state index in [4.69, 9.17) is 0 Å². The van der Waals surface area contributed by atoms with Crippen molar-refractivity contribution in [3.8, 4) is 0 Å². The van der Waals surface area contributed by atoms with Crippen LogP contribution in [0.5, 0.6) is 0 Å². The molecule has 0 saturated heterocycles. The predicted molar refractivity (Wildman–Crippen MR) is 48.9 cm³/mol. The highest BCUT2D eigenvalue weighted by Crippen LogP contribution is 2.20. The standard InChI is InChI=1S/C9H19NO2/c1-9(2,3)6-7(10-4)8(11)12-5/h7,10H,6H2,1-5H3. The van der Waals surface area contributed by atoms with Crippen LogP contribution in [0.3, 0.4) is 0 Å². The van der Waals surface area contributed by atoms with Crippen LogP contribution < -0.4 is 5.32 Å². The van der Waals surface area contributed by atoms with Crippen molar-refractivity contribution in [1.29, 1.82) is 0 Å². The van der Waals surface area contributed by atoms with Crippen molar-refractivity contribution in [1.82, 2.24) is 5.32 Å². The van der Waals surface area contributed by atoms with E-state index in [1.165, 1.54) is 7.11 Å². The van der Waals surface area contributed by atoms with Crippen LogP contribution in [0.2, 0.25) is 0 Å². The molecule has 0 aromatic heterocycles. The molecule has 0 saturated carbocycles. The van der Waals surface area contributed by atoms with Crippen molar-refractivity contribution in [2.24, 2.45) is 5.41 Å². The second-order valence-corrected chi connectivity index (χ2v) is 4.13. The van der Waals surface area contributed by atoms with E-state index in [0.29, 0.717) is 0 Å². The van der Waals surface area contributed by atoms with Gasteiger partial charge in [-0.1, -0.05) is 20.8 Å². The van der Waals surface area contributed by atoms with E-state index in [1.807, 2.05) is 0 Å². The van der Waals surface area contributed by atoms with Crippen LogP contribution >= 0.6 is 0 Å². The number of carbonyl (C=O) groups excluding carboxylic acids is 1. The Morgan fingerprint density at radius 3 is 2.25 bits per heavy atom. The second-order valence-electron chi connectivity index (χ2n) is 4.13. The van der Waals surface area contributed by atoms with Crippen LogP contribution in [0.25, 0.3) is 0 Å². The Labute approximate surface area is 74.5 Å². The molecule has 0 aliphatic heterocycles. The zero-order valence-corrected chi connectivity index (χ0v) is 8.60. The zero-order valence-electron chi connectivity index (χ0n) is 8.60. The normalized spacial score (nSPS) is 14.1. The Kier molecular flexibility index (Phi) is 4.24. The summed E-state index contributed by atoms with van der Waals surface area (Å²) in [6.07, 6.45) is 0.788. The summed E-state index contributed by atoms with van der Waals surface area (Å²) in [6, 6.07) is -0.185. The predicted octanol–water partition coefficient (Wildman–Crippen LogP) is 1.18. The minimum Gasteiger partial charge on any atom is -0.468 e. The van der Waals surface area contributed by atoms with Gasteiger partial charge in [-0.05, 0) is 18.9 Å². The molecule has 72 valence electrons. The summed E-state index contributed by atoms with van der Waals surface area (Å²) in [6.45, 7) is 6.29. The fourth-order valence-corrected chi connectivity index (χ4v) is 1.06. The molecular weight excluding hydrogens is 154 g/mol. The maximum atomic E-state index is 11.1. The Morgan fingerprint density at radius 2 is 2.00 bits per heavy atom. The molecule has 0 aliphatic carbocycles. The molecule has 12 heavy (non-hydrogen) atoms. The van der Waals surface area contributed by atoms with E-state index in [-0.39, 0.29) is 17.4 Å². The summed E-state index contributed by atoms with van der Waals surface area (Å²) in [4.78, 5) is 11.1. The van der Waals surface area contributed by atoms with E-state index in [9.17, 15) is 4.79 Å². The van der Waals surface area contributed by atoms with Gasteiger partial charge in [0.25, 0.3) is 0 Å². The van der Waals surface area contributed by atoms with E-state index >= 15 is 0 Å². The molecule has 0 radical (unpaired) electrons. The summed E-state index contributed by atoms with van der Waals surface area (Å²) in [5, 5.41) is 2.93. The molecule has 0 amide bonds. The highest BCUT2D eigenvalue weighted by Gasteiger charge is 2.23. The molecule has 0 aromatic rings. The molecule has 3 nitrogen and oxygen atoms in total. The van der Waals surface area contributed by atoms with Gasteiger partial charge >= 0.3 is 5.97 Å². The van der Waals surface area contributed by atoms with Gasteiger partial charge in [-0.3, -0.25) is 4.79 Å². The Bertz CT molecular complexity index is 149. The second kappa shape index (κ2) is 4.45. The van der Waals surface area contributed by atoms with Crippen molar-refractivity contribution < 1.29 is 9.53 Å². The largest absolute Gasteiger partial charge is 0.468 e. The van der Waals surface area contributed by atoms with Gasteiger partial charge in [0, 0.05) is 0 Å². The van der Waals surface area contributed by atoms with Crippen LogP contribution in [0, 0.1) is 5.41 Å². The quantitative estimate of drug-likeness (QED) is 0.651. The number of nitrogens with one attached hydrogen (secondary N) is 1. The Balaban J connectivity index is 4.09. The van der Waals surface area contributed by atoms with Crippen molar-refractivity contribution in [2.75, 3.05) is 14.2 Å². The first-order valence-electron chi connectivity index (χ1n) is 4.16. The molecule has 1 atom stereocenters. The lowest BCUT2D eigenvalue weighted by molar-refractivity contribution is -0.143. The first kappa shape index (κ1) is 11.4. The first-order chi connectivity index (χ1) is 5.40. The summed E-state index contributed by atoms with van der Waals surface area (Å²) in [5.74, 6) is -0.188. The number of likely N-dealkylation sites (N-methyl/N-ethyl adjacent to an activating group) is 1. The third-order valence-electron chi connectivity index (χ3n) is 1.65. The average molecular weight is 173 g/mol. The van der Waals surface area contributed by atoms with E-state index in [1.54, 1.807) is 7.05 Å². The molecular formula is C9H19NO2. The van der Waals surface area contributed by atoms with Gasteiger partial charge < -0.3 is 10.1 Å². The lowest BCUT2D eigenvalue weighted by atomic mass is 9.88. The average Bonchev–Trinajstić information content (AvgIpc) is 1.97. The topological polar surface area (TPSA) is 38.3 Å². The smallest absolute Gasteiger partial charge is 0.322 e. The van der Waals surface area contributed by atoms with Crippen molar-refractivity contribution in [2.45, 2.75) is 33.2 Å². The van der Waals surface area contributed by atoms with E-state index in [2.05, 4.69) is 30.8 Å². The minimum atomic E-state index is -0.188. The Hall–Kier alpha value is -0.570. The first-order valence-corrected chi connectivity index (χ1v) is 4.16. The van der Waals surface area contributed by atoms with Crippen LogP contribution in [-0.2, 0) is 9.53 Å². The number of methoxy groups -OCH3 is 1. The summed E-state index contributed by atoms with van der Waals surface area (Å²) < 4.78 is 4.65. The van der Waals surface area contributed by atoms with Gasteiger partial charge in [0.15, 0.2) is 0 Å². The minimum absolute atomic E-state index is 0.141. The fourth-order valence-electron chi connectivity index (χ4n) is 1.06. The summed E-state index contributed by atoms with van der Waals surface area (Å²) >= 11 is 0. The third-order valence-corrected chi connectivity index (χ3v) is 1.65. The van der Waals surface area contributed by atoms with Crippen LogP contribution in [0.4, 0.5) is 0 Å². The fraction of sp³-hybridized carbons (Fsp3) is 0.889. The molecule has 0 aromatic carbocycles. The molecule has 0 aliphatic rings. The van der Waals surface area contributed by atoms with Crippen LogP contribution in [0.15, 0.2) is 0 Å². The molecule has 0 heterocycles. The number of ether oxygens (including phenoxy) is 1. The number of carbonyl (C=O) groups is 1. The van der Waals surface area contributed by atoms with Gasteiger partial charge in [-0.15, -0.1) is 0 Å². The summed E-state index contributed by atoms with van der Waals surface area (Å²) in [7, 11) is 3.18.